The van der Waals surface area contributed by atoms with Gasteiger partial charge in [-0.3, -0.25) is 4.57 Å². The minimum absolute atomic E-state index is 0.440. The maximum atomic E-state index is 4.38. The van der Waals surface area contributed by atoms with Gasteiger partial charge in [0.25, 0.3) is 0 Å². The third kappa shape index (κ3) is 1.60. The minimum Gasteiger partial charge on any atom is -0.274 e. The van der Waals surface area contributed by atoms with E-state index in [2.05, 4.69) is 28.2 Å². The van der Waals surface area contributed by atoms with Gasteiger partial charge in [0.1, 0.15) is 11.3 Å². The lowest BCUT2D eigenvalue weighted by atomic mass is 10.2. The molecule has 2 rings (SSSR count). The van der Waals surface area contributed by atoms with Crippen LogP contribution in [-0.4, -0.2) is 18.9 Å². The molecule has 4 nitrogen and oxygen atoms in total. The van der Waals surface area contributed by atoms with E-state index in [1.54, 1.807) is 12.5 Å². The van der Waals surface area contributed by atoms with Gasteiger partial charge in [-0.2, -0.15) is 4.37 Å². The summed E-state index contributed by atoms with van der Waals surface area (Å²) in [5.41, 5.74) is 0. The average Bonchev–Trinajstić information content (AvgIpc) is 2.75. The molecule has 0 N–H and O–H groups in total. The van der Waals surface area contributed by atoms with Gasteiger partial charge in [0.15, 0.2) is 0 Å². The van der Waals surface area contributed by atoms with Crippen molar-refractivity contribution in [1.82, 2.24) is 18.9 Å². The lowest BCUT2D eigenvalue weighted by Gasteiger charge is -1.95. The van der Waals surface area contributed by atoms with Crippen LogP contribution in [0.15, 0.2) is 18.7 Å². The Morgan fingerprint density at radius 1 is 1.46 bits per heavy atom. The molecule has 0 amide bonds. The zero-order valence-corrected chi connectivity index (χ0v) is 8.32. The molecular formula is C8H10N4S. The van der Waals surface area contributed by atoms with Gasteiger partial charge < -0.3 is 0 Å². The van der Waals surface area contributed by atoms with Gasteiger partial charge in [0.2, 0.25) is 5.95 Å². The van der Waals surface area contributed by atoms with Crippen molar-refractivity contribution < 1.29 is 0 Å². The van der Waals surface area contributed by atoms with E-state index in [1.807, 2.05) is 10.8 Å². The van der Waals surface area contributed by atoms with Gasteiger partial charge in [-0.15, -0.1) is 0 Å². The highest BCUT2D eigenvalue weighted by atomic mass is 32.1. The number of nitrogens with zero attached hydrogens (tertiary/aromatic N) is 4. The van der Waals surface area contributed by atoms with Crippen molar-refractivity contribution in [2.75, 3.05) is 0 Å². The van der Waals surface area contributed by atoms with Gasteiger partial charge >= 0.3 is 0 Å². The first-order chi connectivity index (χ1) is 6.27. The molecule has 2 aromatic rings. The molecule has 0 atom stereocenters. The summed E-state index contributed by atoms with van der Waals surface area (Å²) in [4.78, 5) is 8.32. The smallest absolute Gasteiger partial charge is 0.246 e. The molecule has 5 heteroatoms. The normalized spacial score (nSPS) is 11.0. The summed E-state index contributed by atoms with van der Waals surface area (Å²) >= 11 is 1.45. The Hall–Kier alpha value is -1.23. The number of aromatic nitrogens is 4. The lowest BCUT2D eigenvalue weighted by molar-refractivity contribution is 0.837. The van der Waals surface area contributed by atoms with Crippen molar-refractivity contribution in [2.24, 2.45) is 0 Å². The summed E-state index contributed by atoms with van der Waals surface area (Å²) in [6.45, 7) is 4.22. The zero-order chi connectivity index (χ0) is 9.26. The predicted octanol–water partition coefficient (Wildman–Crippen LogP) is 1.85. The van der Waals surface area contributed by atoms with Crippen LogP contribution in [0.1, 0.15) is 24.8 Å². The second-order valence-electron chi connectivity index (χ2n) is 3.06. The average molecular weight is 194 g/mol. The summed E-state index contributed by atoms with van der Waals surface area (Å²) < 4.78 is 6.04. The first kappa shape index (κ1) is 8.37. The summed E-state index contributed by atoms with van der Waals surface area (Å²) in [5.74, 6) is 1.15. The molecule has 0 fully saturated rings. The van der Waals surface area contributed by atoms with Crippen LogP contribution in [0.5, 0.6) is 0 Å². The van der Waals surface area contributed by atoms with Crippen molar-refractivity contribution in [3.8, 4) is 5.95 Å². The van der Waals surface area contributed by atoms with E-state index in [0.717, 1.165) is 5.01 Å². The molecular weight excluding hydrogens is 184 g/mol. The van der Waals surface area contributed by atoms with Crippen LogP contribution < -0.4 is 0 Å². The number of hydrogen-bond acceptors (Lipinski definition) is 4. The highest BCUT2D eigenvalue weighted by Crippen LogP contribution is 2.17. The van der Waals surface area contributed by atoms with E-state index in [4.69, 9.17) is 0 Å². The third-order valence-corrected chi connectivity index (χ3v) is 2.66. The van der Waals surface area contributed by atoms with E-state index in [-0.39, 0.29) is 0 Å². The van der Waals surface area contributed by atoms with Gasteiger partial charge in [-0.25, -0.2) is 9.97 Å². The van der Waals surface area contributed by atoms with E-state index >= 15 is 0 Å². The van der Waals surface area contributed by atoms with E-state index < -0.39 is 0 Å². The zero-order valence-electron chi connectivity index (χ0n) is 7.51. The fourth-order valence-electron chi connectivity index (χ4n) is 0.944. The second-order valence-corrected chi connectivity index (χ2v) is 3.84. The van der Waals surface area contributed by atoms with Crippen LogP contribution in [0.3, 0.4) is 0 Å². The van der Waals surface area contributed by atoms with Crippen molar-refractivity contribution in [3.05, 3.63) is 23.7 Å². The van der Waals surface area contributed by atoms with E-state index in [0.29, 0.717) is 11.9 Å². The molecule has 2 aromatic heterocycles. The molecule has 0 saturated carbocycles. The number of rotatable bonds is 2. The SMILES string of the molecule is CC(C)c1nc(-n2ccnc2)ns1. The standard InChI is InChI=1S/C8H10N4S/c1-6(2)7-10-8(11-13-7)12-4-3-9-5-12/h3-6H,1-2H3. The molecule has 13 heavy (non-hydrogen) atoms. The molecule has 68 valence electrons. The topological polar surface area (TPSA) is 43.6 Å². The van der Waals surface area contributed by atoms with Gasteiger partial charge in [0.05, 0.1) is 0 Å². The first-order valence-electron chi connectivity index (χ1n) is 4.09. The number of imidazole rings is 1. The summed E-state index contributed by atoms with van der Waals surface area (Å²) in [6, 6.07) is 0. The van der Waals surface area contributed by atoms with Crippen LogP contribution in [0.4, 0.5) is 0 Å². The third-order valence-electron chi connectivity index (χ3n) is 1.66. The Morgan fingerprint density at radius 3 is 2.85 bits per heavy atom. The van der Waals surface area contributed by atoms with Gasteiger partial charge in [-0.1, -0.05) is 13.8 Å². The van der Waals surface area contributed by atoms with Gasteiger partial charge in [-0.05, 0) is 11.5 Å². The predicted molar refractivity (Wildman–Crippen MR) is 51.1 cm³/mol. The van der Waals surface area contributed by atoms with Crippen molar-refractivity contribution >= 4 is 11.5 Å². The molecule has 0 aliphatic heterocycles. The van der Waals surface area contributed by atoms with Crippen LogP contribution in [0.25, 0.3) is 5.95 Å². The molecule has 0 spiro atoms. The largest absolute Gasteiger partial charge is 0.274 e. The summed E-state index contributed by atoms with van der Waals surface area (Å²) in [6.07, 6.45) is 5.26. The van der Waals surface area contributed by atoms with Crippen LogP contribution >= 0.6 is 11.5 Å². The number of hydrogen-bond donors (Lipinski definition) is 0. The van der Waals surface area contributed by atoms with E-state index in [9.17, 15) is 0 Å². The van der Waals surface area contributed by atoms with Gasteiger partial charge in [0, 0.05) is 18.3 Å². The van der Waals surface area contributed by atoms with Crippen molar-refractivity contribution in [3.63, 3.8) is 0 Å². The Balaban J connectivity index is 2.33. The minimum atomic E-state index is 0.440. The quantitative estimate of drug-likeness (QED) is 0.732. The van der Waals surface area contributed by atoms with Crippen LogP contribution in [0, 0.1) is 0 Å². The fourth-order valence-corrected chi connectivity index (χ4v) is 1.59. The fraction of sp³-hybridized carbons (Fsp3) is 0.375. The molecule has 0 aliphatic carbocycles. The first-order valence-corrected chi connectivity index (χ1v) is 4.86. The Labute approximate surface area is 80.4 Å². The maximum Gasteiger partial charge on any atom is 0.246 e. The molecule has 2 heterocycles. The monoisotopic (exact) mass is 194 g/mol. The molecule has 0 radical (unpaired) electrons. The Bertz CT molecular complexity index is 377. The highest BCUT2D eigenvalue weighted by molar-refractivity contribution is 7.05. The molecule has 0 aliphatic rings. The maximum absolute atomic E-state index is 4.38. The molecule has 0 aromatic carbocycles. The highest BCUT2D eigenvalue weighted by Gasteiger charge is 2.07. The lowest BCUT2D eigenvalue weighted by Crippen LogP contribution is -1.93. The Morgan fingerprint density at radius 2 is 2.31 bits per heavy atom. The van der Waals surface area contributed by atoms with Crippen molar-refractivity contribution in [1.29, 1.82) is 0 Å². The van der Waals surface area contributed by atoms with Crippen molar-refractivity contribution in [2.45, 2.75) is 19.8 Å². The molecule has 0 bridgehead atoms. The molecule has 0 unspecified atom stereocenters. The van der Waals surface area contributed by atoms with Crippen LogP contribution in [-0.2, 0) is 0 Å². The summed E-state index contributed by atoms with van der Waals surface area (Å²) in [5, 5.41) is 1.06. The van der Waals surface area contributed by atoms with E-state index in [1.165, 1.54) is 11.5 Å². The Kier molecular flexibility index (Phi) is 2.10. The molecule has 0 saturated heterocycles. The second kappa shape index (κ2) is 3.26. The summed E-state index contributed by atoms with van der Waals surface area (Å²) in [7, 11) is 0. The van der Waals surface area contributed by atoms with Crippen LogP contribution in [0.2, 0.25) is 0 Å².